The minimum atomic E-state index is -0.312. The van der Waals surface area contributed by atoms with E-state index in [-0.39, 0.29) is 35.4 Å². The quantitative estimate of drug-likeness (QED) is 0.140. The standard InChI is InChI=1S/C49H53N7O2/c1-29(2)35-27-44(30(3)45(57)28-35)55-22-10-14-42(55)46-50-38-20-17-33(25-40(38)52-46)32-16-19-36(31-12-8-7-9-13-31)37(24-32)34-18-21-39-41(26-34)53-47(51-39)43-15-11-23-56(43)48(58)54-49(4,5)6/h7-9,12-13,16-21,24-26,35,42-43H,1,10-11,14-15,22-23,27-28H2,2-6H3,(H,50,52)(H,51,53)(H,54,58). The Hall–Kier alpha value is -5.96. The Bertz CT molecular complexity index is 2610. The molecule has 58 heavy (non-hydrogen) atoms. The van der Waals surface area contributed by atoms with Crippen molar-refractivity contribution in [2.24, 2.45) is 5.92 Å². The molecule has 1 aliphatic carbocycles. The van der Waals surface area contributed by atoms with Crippen molar-refractivity contribution < 1.29 is 9.59 Å². The molecule has 3 atom stereocenters. The van der Waals surface area contributed by atoms with E-state index in [4.69, 9.17) is 9.97 Å². The SMILES string of the molecule is C=C(C)C1CC(=O)C(C)=C(N2CCCC2c2nc3ccc(-c4ccc(-c5ccccc5)c(-c5ccc6nc(C7CCCN7C(=O)NC(C)(C)C)[nH]c6c5)c4)cc3[nH]2)C1. The average molecular weight is 772 g/mol. The van der Waals surface area contributed by atoms with E-state index < -0.39 is 0 Å². The van der Waals surface area contributed by atoms with Crippen molar-refractivity contribution in [2.75, 3.05) is 13.1 Å². The molecule has 9 nitrogen and oxygen atoms in total. The van der Waals surface area contributed by atoms with Crippen LogP contribution in [0.5, 0.6) is 0 Å². The van der Waals surface area contributed by atoms with E-state index in [1.165, 1.54) is 0 Å². The van der Waals surface area contributed by atoms with Gasteiger partial charge in [0.25, 0.3) is 0 Å². The van der Waals surface area contributed by atoms with Gasteiger partial charge in [0.15, 0.2) is 5.78 Å². The number of amides is 2. The molecule has 3 N–H and O–H groups in total. The summed E-state index contributed by atoms with van der Waals surface area (Å²) >= 11 is 0. The zero-order valence-corrected chi connectivity index (χ0v) is 34.3. The lowest BCUT2D eigenvalue weighted by atomic mass is 9.82. The second-order valence-corrected chi connectivity index (χ2v) is 17.7. The fourth-order valence-electron chi connectivity index (χ4n) is 9.29. The first-order valence-electron chi connectivity index (χ1n) is 20.8. The number of likely N-dealkylation sites (tertiary alicyclic amines) is 2. The summed E-state index contributed by atoms with van der Waals surface area (Å²) in [6, 6.07) is 30.2. The zero-order valence-electron chi connectivity index (χ0n) is 34.3. The van der Waals surface area contributed by atoms with Crippen molar-refractivity contribution in [1.29, 1.82) is 0 Å². The highest BCUT2D eigenvalue weighted by atomic mass is 16.2. The fraction of sp³-hybridized carbons (Fsp3) is 0.347. The number of benzene rings is 4. The highest BCUT2D eigenvalue weighted by molar-refractivity contribution is 5.97. The van der Waals surface area contributed by atoms with Crippen LogP contribution in [0.4, 0.5) is 4.79 Å². The van der Waals surface area contributed by atoms with Gasteiger partial charge in [0, 0.05) is 36.3 Å². The number of fused-ring (bicyclic) bond motifs is 2. The van der Waals surface area contributed by atoms with Gasteiger partial charge in [-0.25, -0.2) is 14.8 Å². The summed E-state index contributed by atoms with van der Waals surface area (Å²) in [5, 5.41) is 3.13. The van der Waals surface area contributed by atoms with Gasteiger partial charge in [-0.3, -0.25) is 4.79 Å². The van der Waals surface area contributed by atoms with Crippen molar-refractivity contribution in [1.82, 2.24) is 35.1 Å². The van der Waals surface area contributed by atoms with Crippen LogP contribution in [0.1, 0.15) is 96.9 Å². The summed E-state index contributed by atoms with van der Waals surface area (Å²) in [5.74, 6) is 2.21. The Morgan fingerprint density at radius 3 is 2.09 bits per heavy atom. The molecule has 4 heterocycles. The van der Waals surface area contributed by atoms with Crippen LogP contribution < -0.4 is 5.32 Å². The van der Waals surface area contributed by atoms with Gasteiger partial charge >= 0.3 is 6.03 Å². The lowest BCUT2D eigenvalue weighted by molar-refractivity contribution is -0.116. The Morgan fingerprint density at radius 1 is 0.759 bits per heavy atom. The van der Waals surface area contributed by atoms with Gasteiger partial charge < -0.3 is 25.1 Å². The highest BCUT2D eigenvalue weighted by Gasteiger charge is 2.36. The molecule has 9 heteroatoms. The second kappa shape index (κ2) is 14.8. The summed E-state index contributed by atoms with van der Waals surface area (Å²) in [7, 11) is 0. The van der Waals surface area contributed by atoms with Gasteiger partial charge in [-0.1, -0.05) is 66.7 Å². The molecule has 3 aliphatic rings. The number of rotatable bonds is 7. The first kappa shape index (κ1) is 37.6. The maximum Gasteiger partial charge on any atom is 0.318 e. The molecule has 0 spiro atoms. The van der Waals surface area contributed by atoms with E-state index in [1.54, 1.807) is 0 Å². The van der Waals surface area contributed by atoms with E-state index in [0.29, 0.717) is 13.0 Å². The largest absolute Gasteiger partial charge is 0.364 e. The third kappa shape index (κ3) is 7.12. The Kier molecular flexibility index (Phi) is 9.57. The molecule has 2 aromatic heterocycles. The Morgan fingerprint density at radius 2 is 1.38 bits per heavy atom. The number of urea groups is 1. The number of hydrogen-bond donors (Lipinski definition) is 3. The third-order valence-corrected chi connectivity index (χ3v) is 12.4. The van der Waals surface area contributed by atoms with Crippen molar-refractivity contribution in [3.63, 3.8) is 0 Å². The number of allylic oxidation sites excluding steroid dienone is 3. The van der Waals surface area contributed by atoms with Crippen LogP contribution in [0, 0.1) is 5.92 Å². The van der Waals surface area contributed by atoms with E-state index in [0.717, 1.165) is 123 Å². The molecule has 2 fully saturated rings. The summed E-state index contributed by atoms with van der Waals surface area (Å²) in [6.45, 7) is 15.9. The highest BCUT2D eigenvalue weighted by Crippen LogP contribution is 2.42. The van der Waals surface area contributed by atoms with Gasteiger partial charge in [0.2, 0.25) is 0 Å². The third-order valence-electron chi connectivity index (χ3n) is 12.4. The van der Waals surface area contributed by atoms with Gasteiger partial charge in [0.1, 0.15) is 11.6 Å². The summed E-state index contributed by atoms with van der Waals surface area (Å²) < 4.78 is 0. The van der Waals surface area contributed by atoms with Crippen molar-refractivity contribution in [3.05, 3.63) is 120 Å². The minimum Gasteiger partial charge on any atom is -0.364 e. The monoisotopic (exact) mass is 771 g/mol. The van der Waals surface area contributed by atoms with E-state index in [9.17, 15) is 9.59 Å². The topological polar surface area (TPSA) is 110 Å². The number of nitrogens with one attached hydrogen (secondary N) is 3. The second-order valence-electron chi connectivity index (χ2n) is 17.7. The predicted octanol–water partition coefficient (Wildman–Crippen LogP) is 11.1. The van der Waals surface area contributed by atoms with Crippen LogP contribution in [0.3, 0.4) is 0 Å². The molecular formula is C49H53N7O2. The van der Waals surface area contributed by atoms with Crippen LogP contribution in [-0.4, -0.2) is 60.2 Å². The summed E-state index contributed by atoms with van der Waals surface area (Å²) in [6.07, 6.45) is 5.29. The maximum absolute atomic E-state index is 13.2. The first-order chi connectivity index (χ1) is 27.9. The molecule has 2 saturated heterocycles. The van der Waals surface area contributed by atoms with E-state index in [2.05, 4.69) is 106 Å². The van der Waals surface area contributed by atoms with E-state index >= 15 is 0 Å². The maximum atomic E-state index is 13.2. The molecular weight excluding hydrogens is 719 g/mol. The fourth-order valence-corrected chi connectivity index (χ4v) is 9.29. The van der Waals surface area contributed by atoms with Gasteiger partial charge in [-0.2, -0.15) is 0 Å². The molecule has 9 rings (SSSR count). The van der Waals surface area contributed by atoms with Crippen molar-refractivity contribution in [2.45, 2.75) is 90.8 Å². The van der Waals surface area contributed by atoms with Crippen LogP contribution >= 0.6 is 0 Å². The molecule has 0 bridgehead atoms. The molecule has 2 aliphatic heterocycles. The number of carbonyl (C=O) groups excluding carboxylic acids is 2. The summed E-state index contributed by atoms with van der Waals surface area (Å²) in [5.41, 5.74) is 13.3. The number of aromatic amines is 2. The van der Waals surface area contributed by atoms with Gasteiger partial charge in [-0.05, 0) is 136 Å². The smallest absolute Gasteiger partial charge is 0.318 e. The molecule has 0 radical (unpaired) electrons. The van der Waals surface area contributed by atoms with Crippen LogP contribution in [0.2, 0.25) is 0 Å². The number of Topliss-reactive ketones (excluding diaryl/α,β-unsaturated/α-hetero) is 1. The number of imidazole rings is 2. The number of H-pyrrole nitrogens is 2. The Balaban J connectivity index is 1.04. The van der Waals surface area contributed by atoms with Crippen molar-refractivity contribution >= 4 is 33.9 Å². The van der Waals surface area contributed by atoms with Crippen LogP contribution in [-0.2, 0) is 4.79 Å². The normalized spacial score (nSPS) is 20.2. The zero-order chi connectivity index (χ0) is 40.3. The average Bonchev–Trinajstić information content (AvgIpc) is 4.03. The number of ketones is 1. The van der Waals surface area contributed by atoms with Gasteiger partial charge in [0.05, 0.1) is 34.2 Å². The molecule has 4 aromatic carbocycles. The molecule has 6 aromatic rings. The van der Waals surface area contributed by atoms with Gasteiger partial charge in [-0.15, -0.1) is 0 Å². The van der Waals surface area contributed by atoms with Crippen LogP contribution in [0.15, 0.2) is 108 Å². The lowest BCUT2D eigenvalue weighted by Crippen LogP contribution is -2.48. The molecule has 0 saturated carbocycles. The number of nitrogens with zero attached hydrogens (tertiary/aromatic N) is 4. The number of carbonyl (C=O) groups is 2. The number of hydrogen-bond acceptors (Lipinski definition) is 5. The predicted molar refractivity (Wildman–Crippen MR) is 233 cm³/mol. The minimum absolute atomic E-state index is 0.0487. The molecule has 3 unspecified atom stereocenters. The molecule has 2 amide bonds. The van der Waals surface area contributed by atoms with Crippen LogP contribution in [0.25, 0.3) is 55.4 Å². The Labute approximate surface area is 340 Å². The van der Waals surface area contributed by atoms with E-state index in [1.807, 2.05) is 45.6 Å². The number of aromatic nitrogens is 4. The van der Waals surface area contributed by atoms with Crippen molar-refractivity contribution in [3.8, 4) is 33.4 Å². The summed E-state index contributed by atoms with van der Waals surface area (Å²) in [4.78, 5) is 48.1. The first-order valence-corrected chi connectivity index (χ1v) is 20.8. The molecule has 296 valence electrons. The lowest BCUT2D eigenvalue weighted by Gasteiger charge is -2.35.